The maximum Gasteiger partial charge on any atom is 0.290 e. The Kier molecular flexibility index (Phi) is 3.58. The third-order valence-corrected chi connectivity index (χ3v) is 2.80. The molecule has 1 aliphatic carbocycles. The van der Waals surface area contributed by atoms with Crippen LogP contribution in [0, 0.1) is 32.1 Å². The van der Waals surface area contributed by atoms with E-state index in [1.165, 1.54) is 0 Å². The van der Waals surface area contributed by atoms with E-state index >= 15 is 0 Å². The molecule has 1 aliphatic heterocycles. The van der Waals surface area contributed by atoms with Gasteiger partial charge in [-0.25, -0.2) is 0 Å². The summed E-state index contributed by atoms with van der Waals surface area (Å²) >= 11 is 0. The lowest BCUT2D eigenvalue weighted by molar-refractivity contribution is 0.746. The first-order valence-electron chi connectivity index (χ1n) is 5.15. The van der Waals surface area contributed by atoms with Crippen molar-refractivity contribution >= 4 is 21.5 Å². The smallest absolute Gasteiger partial charge is 0.290 e. The van der Waals surface area contributed by atoms with Crippen LogP contribution in [-0.2, 0) is 0 Å². The van der Waals surface area contributed by atoms with Gasteiger partial charge in [-0.3, -0.25) is 0 Å². The van der Waals surface area contributed by atoms with Gasteiger partial charge in [-0.05, 0) is 45.0 Å². The summed E-state index contributed by atoms with van der Waals surface area (Å²) < 4.78 is 2.30. The average Bonchev–Trinajstić information content (AvgIpc) is 2.23. The van der Waals surface area contributed by atoms with Gasteiger partial charge in [0.2, 0.25) is 0 Å². The summed E-state index contributed by atoms with van der Waals surface area (Å²) in [5.74, 6) is 0.481. The molecular weight excluding hydrogens is 171 g/mol. The van der Waals surface area contributed by atoms with Crippen LogP contribution in [0.5, 0.6) is 0 Å². The normalized spacial score (nSPS) is 26.4. The molecule has 0 atom stereocenters. The molecule has 0 spiro atoms. The standard InChI is InChI=1S/C8H15B3N3/c1-10-12-9-14(2)11(13-10)8-6-4-3-5-7-8/h3-9,12-13H,1-2H3. The minimum Gasteiger partial charge on any atom is -0.374 e. The first kappa shape index (κ1) is 10.6. The van der Waals surface area contributed by atoms with E-state index in [1.54, 1.807) is 0 Å². The van der Waals surface area contributed by atoms with Crippen molar-refractivity contribution < 1.29 is 0 Å². The van der Waals surface area contributed by atoms with E-state index in [2.05, 4.69) is 61.0 Å². The number of hydrogen-bond donors (Lipinski definition) is 2. The monoisotopic (exact) mass is 186 g/mol. The quantitative estimate of drug-likeness (QED) is 0.534. The zero-order valence-electron chi connectivity index (χ0n) is 8.77. The molecule has 1 saturated carbocycles. The van der Waals surface area contributed by atoms with Crippen molar-refractivity contribution in [1.82, 2.24) is 15.0 Å². The van der Waals surface area contributed by atoms with E-state index in [0.717, 1.165) is 7.55 Å². The second kappa shape index (κ2) is 4.73. The SMILES string of the molecule is CB1NBN(C)B(C2[CH][CH][CH][CH][CH]2)N1. The lowest BCUT2D eigenvalue weighted by atomic mass is 9.47. The van der Waals surface area contributed by atoms with Crippen molar-refractivity contribution in [3.05, 3.63) is 32.1 Å². The Bertz CT molecular complexity index is 187. The van der Waals surface area contributed by atoms with E-state index in [1.807, 2.05) is 0 Å². The molecule has 6 heteroatoms. The van der Waals surface area contributed by atoms with Gasteiger partial charge < -0.3 is 15.0 Å². The van der Waals surface area contributed by atoms with Crippen LogP contribution in [0.2, 0.25) is 12.6 Å². The van der Waals surface area contributed by atoms with Gasteiger partial charge in [0.05, 0.1) is 0 Å². The molecule has 0 amide bonds. The van der Waals surface area contributed by atoms with Crippen LogP contribution < -0.4 is 10.3 Å². The Morgan fingerprint density at radius 3 is 2.71 bits per heavy atom. The number of rotatable bonds is 1. The highest BCUT2D eigenvalue weighted by Crippen LogP contribution is 2.27. The average molecular weight is 186 g/mol. The van der Waals surface area contributed by atoms with Crippen molar-refractivity contribution in [3.8, 4) is 0 Å². The first-order valence-corrected chi connectivity index (χ1v) is 5.15. The fourth-order valence-corrected chi connectivity index (χ4v) is 1.95. The predicted octanol–water partition coefficient (Wildman–Crippen LogP) is -0.611. The zero-order chi connectivity index (χ0) is 9.97. The summed E-state index contributed by atoms with van der Waals surface area (Å²) in [6.07, 6.45) is 10.8. The summed E-state index contributed by atoms with van der Waals surface area (Å²) in [5, 5.41) is 6.89. The van der Waals surface area contributed by atoms with Crippen molar-refractivity contribution in [2.45, 2.75) is 12.6 Å². The molecule has 1 heterocycles. The predicted molar refractivity (Wildman–Crippen MR) is 63.8 cm³/mol. The lowest BCUT2D eigenvalue weighted by Crippen LogP contribution is -2.70. The highest BCUT2D eigenvalue weighted by atomic mass is 15.1. The Hall–Kier alpha value is 0.0748. The Morgan fingerprint density at radius 2 is 2.00 bits per heavy atom. The molecule has 0 aromatic rings. The second-order valence-corrected chi connectivity index (χ2v) is 3.99. The Morgan fingerprint density at radius 1 is 1.29 bits per heavy atom. The van der Waals surface area contributed by atoms with E-state index in [4.69, 9.17) is 0 Å². The fraction of sp³-hybridized carbons (Fsp3) is 0.375. The topological polar surface area (TPSA) is 27.3 Å². The molecule has 0 aromatic carbocycles. The molecule has 71 valence electrons. The third-order valence-electron chi connectivity index (χ3n) is 2.80. The van der Waals surface area contributed by atoms with Crippen LogP contribution in [0.3, 0.4) is 0 Å². The molecule has 2 rings (SSSR count). The van der Waals surface area contributed by atoms with Gasteiger partial charge in [0.15, 0.2) is 0 Å². The number of nitrogens with one attached hydrogen (secondary N) is 2. The Labute approximate surface area is 88.9 Å². The number of nitrogens with zero attached hydrogens (tertiary/aromatic N) is 1. The molecule has 14 heavy (non-hydrogen) atoms. The summed E-state index contributed by atoms with van der Waals surface area (Å²) in [6.45, 7) is 2.96. The van der Waals surface area contributed by atoms with Crippen LogP contribution in [0.15, 0.2) is 0 Å². The minimum absolute atomic E-state index is 0.393. The minimum atomic E-state index is 0.393. The molecule has 3 nitrogen and oxygen atoms in total. The zero-order valence-corrected chi connectivity index (χ0v) is 8.77. The van der Waals surface area contributed by atoms with Crippen molar-refractivity contribution in [2.75, 3.05) is 7.05 Å². The molecule has 2 N–H and O–H groups in total. The van der Waals surface area contributed by atoms with Crippen molar-refractivity contribution in [3.63, 3.8) is 0 Å². The maximum atomic E-state index is 3.53. The summed E-state index contributed by atoms with van der Waals surface area (Å²) in [7, 11) is 3.08. The summed E-state index contributed by atoms with van der Waals surface area (Å²) in [4.78, 5) is 0. The summed E-state index contributed by atoms with van der Waals surface area (Å²) in [6, 6.07) is 0. The molecule has 2 fully saturated rings. The van der Waals surface area contributed by atoms with Crippen LogP contribution in [0.25, 0.3) is 0 Å². The van der Waals surface area contributed by atoms with E-state index < -0.39 is 0 Å². The molecule has 0 unspecified atom stereocenters. The highest BCUT2D eigenvalue weighted by molar-refractivity contribution is 6.81. The third kappa shape index (κ3) is 2.36. The van der Waals surface area contributed by atoms with Gasteiger partial charge in [0.25, 0.3) is 21.5 Å². The fourth-order valence-electron chi connectivity index (χ4n) is 1.95. The molecule has 1 saturated heterocycles. The molecule has 0 bridgehead atoms. The van der Waals surface area contributed by atoms with Crippen molar-refractivity contribution in [1.29, 1.82) is 0 Å². The van der Waals surface area contributed by atoms with Crippen molar-refractivity contribution in [2.24, 2.45) is 0 Å². The van der Waals surface area contributed by atoms with E-state index in [-0.39, 0.29) is 0 Å². The molecule has 2 aliphatic rings. The van der Waals surface area contributed by atoms with Crippen LogP contribution >= 0.6 is 0 Å². The first-order chi connectivity index (χ1) is 6.77. The van der Waals surface area contributed by atoms with E-state index in [0.29, 0.717) is 19.8 Å². The van der Waals surface area contributed by atoms with Gasteiger partial charge >= 0.3 is 0 Å². The molecule has 0 aromatic heterocycles. The van der Waals surface area contributed by atoms with Crippen LogP contribution in [0.4, 0.5) is 0 Å². The lowest BCUT2D eigenvalue weighted by Gasteiger charge is -2.39. The largest absolute Gasteiger partial charge is 0.374 e. The highest BCUT2D eigenvalue weighted by Gasteiger charge is 2.36. The van der Waals surface area contributed by atoms with Gasteiger partial charge in [-0.1, -0.05) is 6.82 Å². The second-order valence-electron chi connectivity index (χ2n) is 3.99. The van der Waals surface area contributed by atoms with E-state index in [9.17, 15) is 0 Å². The van der Waals surface area contributed by atoms with Crippen LogP contribution in [-0.4, -0.2) is 33.3 Å². The molecular formula is C8H15B3N3. The summed E-state index contributed by atoms with van der Waals surface area (Å²) in [5.41, 5.74) is 0. The van der Waals surface area contributed by atoms with Gasteiger partial charge in [0, 0.05) is 0 Å². The van der Waals surface area contributed by atoms with Crippen LogP contribution in [0.1, 0.15) is 0 Å². The van der Waals surface area contributed by atoms with Gasteiger partial charge in [-0.2, -0.15) is 0 Å². The molecule has 5 radical (unpaired) electrons. The maximum absolute atomic E-state index is 3.53. The van der Waals surface area contributed by atoms with Gasteiger partial charge in [0.1, 0.15) is 0 Å². The Balaban J connectivity index is 1.92. The number of hydrogen-bond acceptors (Lipinski definition) is 3. The van der Waals surface area contributed by atoms with Gasteiger partial charge in [-0.15, -0.1) is 0 Å².